The lowest BCUT2D eigenvalue weighted by molar-refractivity contribution is 0.118. The SMILES string of the molecule is CO[C@@H]1CC(c2ncc[nH]2)N(c2ccc(C#N)nc2)C1. The van der Waals surface area contributed by atoms with Crippen LogP contribution in [0.15, 0.2) is 30.7 Å². The van der Waals surface area contributed by atoms with Crippen molar-refractivity contribution in [2.24, 2.45) is 0 Å². The molecule has 0 amide bonds. The highest BCUT2D eigenvalue weighted by Gasteiger charge is 2.35. The van der Waals surface area contributed by atoms with E-state index in [2.05, 4.69) is 19.9 Å². The van der Waals surface area contributed by atoms with E-state index < -0.39 is 0 Å². The highest BCUT2D eigenvalue weighted by molar-refractivity contribution is 5.49. The number of nitriles is 1. The van der Waals surface area contributed by atoms with Crippen molar-refractivity contribution in [1.82, 2.24) is 15.0 Å². The first-order valence-electron chi connectivity index (χ1n) is 6.46. The van der Waals surface area contributed by atoms with E-state index in [-0.39, 0.29) is 12.1 Å². The summed E-state index contributed by atoms with van der Waals surface area (Å²) in [4.78, 5) is 13.9. The molecule has 20 heavy (non-hydrogen) atoms. The molecule has 2 atom stereocenters. The van der Waals surface area contributed by atoms with Crippen LogP contribution in [-0.2, 0) is 4.74 Å². The van der Waals surface area contributed by atoms with Gasteiger partial charge in [0.25, 0.3) is 0 Å². The average molecular weight is 269 g/mol. The van der Waals surface area contributed by atoms with Gasteiger partial charge in [-0.25, -0.2) is 9.97 Å². The Labute approximate surface area is 117 Å². The fraction of sp³-hybridized carbons (Fsp3) is 0.357. The summed E-state index contributed by atoms with van der Waals surface area (Å²) < 4.78 is 5.48. The molecule has 6 nitrogen and oxygen atoms in total. The monoisotopic (exact) mass is 269 g/mol. The molecule has 1 aliphatic heterocycles. The van der Waals surface area contributed by atoms with Crippen molar-refractivity contribution in [2.75, 3.05) is 18.6 Å². The summed E-state index contributed by atoms with van der Waals surface area (Å²) >= 11 is 0. The summed E-state index contributed by atoms with van der Waals surface area (Å²) in [7, 11) is 1.73. The molecule has 102 valence electrons. The molecule has 1 unspecified atom stereocenters. The van der Waals surface area contributed by atoms with Crippen LogP contribution in [0.3, 0.4) is 0 Å². The van der Waals surface area contributed by atoms with Gasteiger partial charge in [-0.2, -0.15) is 5.26 Å². The number of ether oxygens (including phenoxy) is 1. The molecule has 3 heterocycles. The minimum absolute atomic E-state index is 0.143. The molecule has 0 spiro atoms. The van der Waals surface area contributed by atoms with Crippen LogP contribution in [0.4, 0.5) is 5.69 Å². The van der Waals surface area contributed by atoms with Crippen molar-refractivity contribution in [3.05, 3.63) is 42.2 Å². The zero-order valence-corrected chi connectivity index (χ0v) is 11.2. The molecule has 2 aromatic rings. The van der Waals surface area contributed by atoms with Gasteiger partial charge in [-0.15, -0.1) is 0 Å². The molecule has 1 aliphatic rings. The topological polar surface area (TPSA) is 77.8 Å². The Balaban J connectivity index is 1.90. The molecular weight excluding hydrogens is 254 g/mol. The third-order valence-corrected chi connectivity index (χ3v) is 3.63. The lowest BCUT2D eigenvalue weighted by atomic mass is 10.2. The van der Waals surface area contributed by atoms with Crippen molar-refractivity contribution in [2.45, 2.75) is 18.6 Å². The summed E-state index contributed by atoms with van der Waals surface area (Å²) in [6.45, 7) is 0.787. The summed E-state index contributed by atoms with van der Waals surface area (Å²) in [6.07, 6.45) is 6.35. The molecule has 6 heteroatoms. The maximum Gasteiger partial charge on any atom is 0.140 e. The van der Waals surface area contributed by atoms with Gasteiger partial charge in [0.1, 0.15) is 17.6 Å². The van der Waals surface area contributed by atoms with Crippen LogP contribution < -0.4 is 4.90 Å². The molecule has 0 saturated carbocycles. The van der Waals surface area contributed by atoms with Gasteiger partial charge < -0.3 is 14.6 Å². The van der Waals surface area contributed by atoms with Crippen LogP contribution in [0.1, 0.15) is 24.0 Å². The third-order valence-electron chi connectivity index (χ3n) is 3.63. The zero-order chi connectivity index (χ0) is 13.9. The molecule has 0 aliphatic carbocycles. The predicted octanol–water partition coefficient (Wildman–Crippen LogP) is 1.64. The maximum atomic E-state index is 8.82. The van der Waals surface area contributed by atoms with Gasteiger partial charge in [0.05, 0.1) is 24.0 Å². The van der Waals surface area contributed by atoms with E-state index in [1.165, 1.54) is 0 Å². The molecule has 3 rings (SSSR count). The summed E-state index contributed by atoms with van der Waals surface area (Å²) in [5.41, 5.74) is 1.40. The average Bonchev–Trinajstić information content (AvgIpc) is 3.16. The molecule has 1 fully saturated rings. The van der Waals surface area contributed by atoms with E-state index in [1.54, 1.807) is 25.6 Å². The Morgan fingerprint density at radius 2 is 2.35 bits per heavy atom. The largest absolute Gasteiger partial charge is 0.380 e. The van der Waals surface area contributed by atoms with Crippen LogP contribution in [0.2, 0.25) is 0 Å². The number of aromatic amines is 1. The standard InChI is InChI=1S/C14H15N5O/c1-20-12-6-13(14-16-4-5-17-14)19(9-12)11-3-2-10(7-15)18-8-11/h2-5,8,12-13H,6,9H2,1H3,(H,16,17)/t12-,13?/m1/s1. The van der Waals surface area contributed by atoms with Crippen LogP contribution in [0, 0.1) is 11.3 Å². The summed E-state index contributed by atoms with van der Waals surface area (Å²) in [5, 5.41) is 8.82. The number of H-pyrrole nitrogens is 1. The summed E-state index contributed by atoms with van der Waals surface area (Å²) in [5.74, 6) is 0.925. The summed E-state index contributed by atoms with van der Waals surface area (Å²) in [6, 6.07) is 5.82. The van der Waals surface area contributed by atoms with Crippen LogP contribution in [0.25, 0.3) is 0 Å². The molecular formula is C14H15N5O. The number of hydrogen-bond acceptors (Lipinski definition) is 5. The Kier molecular flexibility index (Phi) is 3.35. The van der Waals surface area contributed by atoms with Crippen molar-refractivity contribution >= 4 is 5.69 Å². The smallest absolute Gasteiger partial charge is 0.140 e. The lowest BCUT2D eigenvalue weighted by Crippen LogP contribution is -2.25. The van der Waals surface area contributed by atoms with E-state index >= 15 is 0 Å². The van der Waals surface area contributed by atoms with Gasteiger partial charge in [0.15, 0.2) is 0 Å². The highest BCUT2D eigenvalue weighted by Crippen LogP contribution is 2.35. The third kappa shape index (κ3) is 2.24. The van der Waals surface area contributed by atoms with Crippen molar-refractivity contribution in [3.63, 3.8) is 0 Å². The minimum Gasteiger partial charge on any atom is -0.380 e. The van der Waals surface area contributed by atoms with Gasteiger partial charge in [0, 0.05) is 32.5 Å². The number of imidazole rings is 1. The number of pyridine rings is 1. The number of rotatable bonds is 3. The highest BCUT2D eigenvalue weighted by atomic mass is 16.5. The number of hydrogen-bond donors (Lipinski definition) is 1. The van der Waals surface area contributed by atoms with Crippen molar-refractivity contribution in [1.29, 1.82) is 5.26 Å². The first kappa shape index (κ1) is 12.6. The predicted molar refractivity (Wildman–Crippen MR) is 73.0 cm³/mol. The van der Waals surface area contributed by atoms with E-state index in [4.69, 9.17) is 10.00 Å². The Morgan fingerprint density at radius 3 is 2.95 bits per heavy atom. The number of anilines is 1. The Morgan fingerprint density at radius 1 is 1.45 bits per heavy atom. The van der Waals surface area contributed by atoms with E-state index in [1.807, 2.05) is 18.3 Å². The van der Waals surface area contributed by atoms with E-state index in [0.717, 1.165) is 24.5 Å². The maximum absolute atomic E-state index is 8.82. The Bertz CT molecular complexity index is 601. The first-order valence-corrected chi connectivity index (χ1v) is 6.46. The zero-order valence-electron chi connectivity index (χ0n) is 11.2. The Hall–Kier alpha value is -2.39. The minimum atomic E-state index is 0.143. The number of nitrogens with zero attached hydrogens (tertiary/aromatic N) is 4. The second-order valence-electron chi connectivity index (χ2n) is 4.75. The second-order valence-corrected chi connectivity index (χ2v) is 4.75. The van der Waals surface area contributed by atoms with Crippen LogP contribution >= 0.6 is 0 Å². The normalized spacial score (nSPS) is 21.9. The quantitative estimate of drug-likeness (QED) is 0.916. The molecule has 2 aromatic heterocycles. The fourth-order valence-corrected chi connectivity index (χ4v) is 2.59. The molecule has 0 aromatic carbocycles. The van der Waals surface area contributed by atoms with Gasteiger partial charge in [0.2, 0.25) is 0 Å². The van der Waals surface area contributed by atoms with Gasteiger partial charge in [-0.3, -0.25) is 0 Å². The number of aromatic nitrogens is 3. The van der Waals surface area contributed by atoms with Crippen molar-refractivity contribution in [3.8, 4) is 6.07 Å². The van der Waals surface area contributed by atoms with E-state index in [9.17, 15) is 0 Å². The molecule has 0 bridgehead atoms. The van der Waals surface area contributed by atoms with Gasteiger partial charge in [-0.1, -0.05) is 0 Å². The van der Waals surface area contributed by atoms with E-state index in [0.29, 0.717) is 5.69 Å². The van der Waals surface area contributed by atoms with Crippen molar-refractivity contribution < 1.29 is 4.74 Å². The van der Waals surface area contributed by atoms with Crippen LogP contribution in [0.5, 0.6) is 0 Å². The number of nitrogens with one attached hydrogen (secondary N) is 1. The molecule has 1 saturated heterocycles. The fourth-order valence-electron chi connectivity index (χ4n) is 2.59. The second kappa shape index (κ2) is 5.31. The molecule has 0 radical (unpaired) electrons. The van der Waals surface area contributed by atoms with Gasteiger partial charge >= 0.3 is 0 Å². The molecule has 1 N–H and O–H groups in total. The number of methoxy groups -OCH3 is 1. The first-order chi connectivity index (χ1) is 9.81. The van der Waals surface area contributed by atoms with Gasteiger partial charge in [-0.05, 0) is 12.1 Å². The lowest BCUT2D eigenvalue weighted by Gasteiger charge is -2.24. The van der Waals surface area contributed by atoms with Crippen LogP contribution in [-0.4, -0.2) is 34.7 Å².